The molecule has 0 radical (unpaired) electrons. The van der Waals surface area contributed by atoms with Crippen LogP contribution in [0.4, 0.5) is 11.5 Å². The fraction of sp³-hybridized carbons (Fsp3) is 0.273. The first-order valence-corrected chi connectivity index (χ1v) is 6.70. The molecule has 1 atom stereocenters. The molecule has 2 aliphatic rings. The first-order valence-electron chi connectivity index (χ1n) is 5.71. The third-order valence-electron chi connectivity index (χ3n) is 2.89. The first kappa shape index (κ1) is 12.9. The number of carbonyl (C=O) groups is 1. The molecular formula is C11H9N3O5S. The van der Waals surface area contributed by atoms with Crippen LogP contribution in [0.25, 0.3) is 0 Å². The van der Waals surface area contributed by atoms with Gasteiger partial charge in [0.2, 0.25) is 0 Å². The lowest BCUT2D eigenvalue weighted by Gasteiger charge is -2.20. The van der Waals surface area contributed by atoms with Crippen molar-refractivity contribution in [2.24, 2.45) is 0 Å². The van der Waals surface area contributed by atoms with Crippen molar-refractivity contribution in [1.82, 2.24) is 4.98 Å². The summed E-state index contributed by atoms with van der Waals surface area (Å²) in [4.78, 5) is 27.5. The number of aromatic nitrogens is 1. The van der Waals surface area contributed by atoms with E-state index in [1.54, 1.807) is 0 Å². The molecule has 104 valence electrons. The maximum Gasteiger partial charge on any atom is 0.297 e. The number of ether oxygens (including phenoxy) is 1. The van der Waals surface area contributed by atoms with Gasteiger partial charge in [-0.25, -0.2) is 4.98 Å². The Balaban J connectivity index is 1.92. The molecule has 1 aromatic heterocycles. The molecule has 2 aliphatic heterocycles. The zero-order chi connectivity index (χ0) is 14.3. The van der Waals surface area contributed by atoms with Gasteiger partial charge >= 0.3 is 0 Å². The van der Waals surface area contributed by atoms with Crippen LogP contribution < -0.4 is 4.90 Å². The van der Waals surface area contributed by atoms with E-state index >= 15 is 0 Å². The van der Waals surface area contributed by atoms with Gasteiger partial charge in [-0.3, -0.25) is 19.8 Å². The molecule has 0 fully saturated rings. The molecule has 1 N–H and O–H groups in total. The molecule has 0 saturated heterocycles. The van der Waals surface area contributed by atoms with Crippen LogP contribution in [0.5, 0.6) is 0 Å². The number of amides is 1. The van der Waals surface area contributed by atoms with Crippen molar-refractivity contribution in [3.05, 3.63) is 39.1 Å². The molecule has 0 aliphatic carbocycles. The second kappa shape index (κ2) is 4.76. The third kappa shape index (κ3) is 1.91. The van der Waals surface area contributed by atoms with Gasteiger partial charge in [0.25, 0.3) is 11.6 Å². The van der Waals surface area contributed by atoms with Crippen LogP contribution in [0.1, 0.15) is 0 Å². The van der Waals surface area contributed by atoms with E-state index < -0.39 is 17.1 Å². The number of anilines is 1. The number of hydrogen-bond acceptors (Lipinski definition) is 7. The van der Waals surface area contributed by atoms with Crippen molar-refractivity contribution in [1.29, 1.82) is 0 Å². The summed E-state index contributed by atoms with van der Waals surface area (Å²) in [5, 5.41) is 20.7. The first-order chi connectivity index (χ1) is 9.59. The second-order valence-corrected chi connectivity index (χ2v) is 5.21. The summed E-state index contributed by atoms with van der Waals surface area (Å²) in [5.74, 6) is 0.451. The van der Waals surface area contributed by atoms with E-state index in [9.17, 15) is 20.0 Å². The van der Waals surface area contributed by atoms with Gasteiger partial charge in [-0.1, -0.05) is 0 Å². The third-order valence-corrected chi connectivity index (χ3v) is 3.97. The number of rotatable bonds is 2. The second-order valence-electron chi connectivity index (χ2n) is 4.07. The molecule has 0 saturated carbocycles. The lowest BCUT2D eigenvalue weighted by Crippen LogP contribution is -2.35. The van der Waals surface area contributed by atoms with Crippen LogP contribution in [0, 0.1) is 10.1 Å². The van der Waals surface area contributed by atoms with Crippen molar-refractivity contribution >= 4 is 29.2 Å². The van der Waals surface area contributed by atoms with Gasteiger partial charge in [0, 0.05) is 11.8 Å². The predicted molar refractivity (Wildman–Crippen MR) is 69.8 cm³/mol. The summed E-state index contributed by atoms with van der Waals surface area (Å²) in [6.45, 7) is 0.406. The number of aliphatic hydroxyl groups is 1. The Morgan fingerprint density at radius 2 is 2.35 bits per heavy atom. The summed E-state index contributed by atoms with van der Waals surface area (Å²) in [7, 11) is 0. The number of thioether (sulfide) groups is 1. The van der Waals surface area contributed by atoms with E-state index in [0.29, 0.717) is 17.3 Å². The molecule has 3 rings (SSSR count). The lowest BCUT2D eigenvalue weighted by atomic mass is 10.4. The quantitative estimate of drug-likeness (QED) is 0.630. The highest BCUT2D eigenvalue weighted by molar-refractivity contribution is 8.03. The van der Waals surface area contributed by atoms with Crippen LogP contribution in [0.3, 0.4) is 0 Å². The van der Waals surface area contributed by atoms with Crippen LogP contribution in [0.15, 0.2) is 29.0 Å². The number of nitro groups is 1. The van der Waals surface area contributed by atoms with Crippen LogP contribution in [-0.4, -0.2) is 39.5 Å². The zero-order valence-corrected chi connectivity index (χ0v) is 10.9. The lowest BCUT2D eigenvalue weighted by molar-refractivity contribution is -0.385. The highest BCUT2D eigenvalue weighted by Gasteiger charge is 2.43. The molecule has 0 bridgehead atoms. The summed E-state index contributed by atoms with van der Waals surface area (Å²) in [5.41, 5.74) is -0.182. The fourth-order valence-corrected chi connectivity index (χ4v) is 2.91. The number of hydrogen-bond donors (Lipinski definition) is 1. The molecule has 0 aromatic carbocycles. The van der Waals surface area contributed by atoms with Gasteiger partial charge in [0.1, 0.15) is 12.0 Å². The Hall–Kier alpha value is -2.13. The van der Waals surface area contributed by atoms with Gasteiger partial charge in [-0.05, 0) is 6.07 Å². The van der Waals surface area contributed by atoms with E-state index in [2.05, 4.69) is 4.98 Å². The largest absolute Gasteiger partial charge is 0.486 e. The summed E-state index contributed by atoms with van der Waals surface area (Å²) in [6.07, 6.45) is -0.113. The number of aliphatic hydroxyl groups excluding tert-OH is 1. The van der Waals surface area contributed by atoms with Gasteiger partial charge in [0.05, 0.1) is 16.4 Å². The normalized spacial score (nSPS) is 21.8. The Morgan fingerprint density at radius 1 is 1.55 bits per heavy atom. The maximum atomic E-state index is 12.2. The topological polar surface area (TPSA) is 106 Å². The van der Waals surface area contributed by atoms with E-state index in [-0.39, 0.29) is 17.3 Å². The molecule has 8 nitrogen and oxygen atoms in total. The van der Waals surface area contributed by atoms with Gasteiger partial charge in [-0.15, -0.1) is 11.8 Å². The predicted octanol–water partition coefficient (Wildman–Crippen LogP) is 0.630. The average Bonchev–Trinajstić information content (AvgIpc) is 2.72. The van der Waals surface area contributed by atoms with Crippen molar-refractivity contribution in [2.75, 3.05) is 17.3 Å². The van der Waals surface area contributed by atoms with Crippen molar-refractivity contribution in [3.8, 4) is 0 Å². The van der Waals surface area contributed by atoms with Crippen molar-refractivity contribution in [3.63, 3.8) is 0 Å². The number of carbonyl (C=O) groups excluding carboxylic acids is 1. The number of nitrogens with zero attached hydrogens (tertiary/aromatic N) is 3. The molecular weight excluding hydrogens is 286 g/mol. The summed E-state index contributed by atoms with van der Waals surface area (Å²) < 4.78 is 5.27. The van der Waals surface area contributed by atoms with Gasteiger partial charge < -0.3 is 9.84 Å². The Labute approximate surface area is 117 Å². The summed E-state index contributed by atoms with van der Waals surface area (Å²) >= 11 is 1.36. The van der Waals surface area contributed by atoms with Gasteiger partial charge in [0.15, 0.2) is 12.0 Å². The monoisotopic (exact) mass is 295 g/mol. The molecule has 3 heterocycles. The van der Waals surface area contributed by atoms with Crippen molar-refractivity contribution in [2.45, 2.75) is 6.23 Å². The Bertz CT molecular complexity index is 615. The molecule has 1 unspecified atom stereocenters. The highest BCUT2D eigenvalue weighted by Crippen LogP contribution is 2.38. The van der Waals surface area contributed by atoms with E-state index in [4.69, 9.17) is 4.74 Å². The molecule has 1 amide bonds. The average molecular weight is 295 g/mol. The summed E-state index contributed by atoms with van der Waals surface area (Å²) in [6, 6.07) is 2.55. The fourth-order valence-electron chi connectivity index (χ4n) is 1.99. The van der Waals surface area contributed by atoms with Crippen LogP contribution in [0.2, 0.25) is 0 Å². The maximum absolute atomic E-state index is 12.2. The van der Waals surface area contributed by atoms with Crippen LogP contribution in [-0.2, 0) is 9.53 Å². The minimum Gasteiger partial charge on any atom is -0.486 e. The Morgan fingerprint density at radius 3 is 2.95 bits per heavy atom. The van der Waals surface area contributed by atoms with Crippen LogP contribution >= 0.6 is 11.8 Å². The Kier molecular flexibility index (Phi) is 3.07. The van der Waals surface area contributed by atoms with Gasteiger partial charge in [-0.2, -0.15) is 0 Å². The smallest absolute Gasteiger partial charge is 0.297 e. The minimum absolute atomic E-state index is 0.133. The molecule has 9 heteroatoms. The SMILES string of the molecule is O=C1C2=C(SCCO2)C(O)N1c1ccc([N+](=O)[O-])cn1. The highest BCUT2D eigenvalue weighted by atomic mass is 32.2. The standard InChI is InChI=1S/C11H9N3O5S/c15-10-8-9(20-4-3-19-8)11(16)13(10)7-2-1-6(5-12-7)14(17)18/h1-2,5,11,16H,3-4H2. The van der Waals surface area contributed by atoms with Crippen molar-refractivity contribution < 1.29 is 19.6 Å². The molecule has 1 aromatic rings. The minimum atomic E-state index is -1.16. The van der Waals surface area contributed by atoms with E-state index in [1.807, 2.05) is 0 Å². The zero-order valence-electron chi connectivity index (χ0n) is 10.1. The molecule has 20 heavy (non-hydrogen) atoms. The van der Waals surface area contributed by atoms with E-state index in [1.165, 1.54) is 23.9 Å². The number of pyridine rings is 1. The molecule has 0 spiro atoms. The van der Waals surface area contributed by atoms with E-state index in [0.717, 1.165) is 11.1 Å².